The lowest BCUT2D eigenvalue weighted by Gasteiger charge is -2.12. The van der Waals surface area contributed by atoms with E-state index in [4.69, 9.17) is 0 Å². The molecule has 0 fully saturated rings. The first kappa shape index (κ1) is 8.71. The van der Waals surface area contributed by atoms with Gasteiger partial charge in [-0.2, -0.15) is 0 Å². The fourth-order valence-corrected chi connectivity index (χ4v) is 0.922. The molecule has 0 bridgehead atoms. The van der Waals surface area contributed by atoms with E-state index in [0.29, 0.717) is 17.5 Å². The van der Waals surface area contributed by atoms with Crippen molar-refractivity contribution >= 4 is 12.0 Å². The highest BCUT2D eigenvalue weighted by atomic mass is 19.1. The summed E-state index contributed by atoms with van der Waals surface area (Å²) in [5.41, 5.74) is 1.05. The minimum atomic E-state index is -0.386. The number of nitrogens with zero attached hydrogens (tertiary/aromatic N) is 1. The van der Waals surface area contributed by atoms with Gasteiger partial charge in [0, 0.05) is 25.3 Å². The van der Waals surface area contributed by atoms with Crippen LogP contribution in [0.1, 0.15) is 10.4 Å². The lowest BCUT2D eigenvalue weighted by molar-refractivity contribution is 0.112. The molecule has 0 radical (unpaired) electrons. The molecule has 0 saturated heterocycles. The summed E-state index contributed by atoms with van der Waals surface area (Å²) in [6, 6.07) is 4.23. The third kappa shape index (κ3) is 1.81. The smallest absolute Gasteiger partial charge is 0.150 e. The molecule has 64 valence electrons. The van der Waals surface area contributed by atoms with Crippen LogP contribution in [0.2, 0.25) is 0 Å². The van der Waals surface area contributed by atoms with Crippen molar-refractivity contribution in [2.24, 2.45) is 0 Å². The second kappa shape index (κ2) is 3.34. The second-order valence-electron chi connectivity index (χ2n) is 2.76. The highest BCUT2D eigenvalue weighted by molar-refractivity contribution is 5.77. The molecule has 1 aromatic carbocycles. The molecule has 0 heterocycles. The average molecular weight is 167 g/mol. The highest BCUT2D eigenvalue weighted by Crippen LogP contribution is 2.14. The molecular formula is C9H10FNO. The van der Waals surface area contributed by atoms with E-state index in [1.807, 2.05) is 0 Å². The fraction of sp³-hybridized carbons (Fsp3) is 0.222. The summed E-state index contributed by atoms with van der Waals surface area (Å²) in [4.78, 5) is 12.1. The second-order valence-corrected chi connectivity index (χ2v) is 2.76. The van der Waals surface area contributed by atoms with E-state index in [1.165, 1.54) is 12.1 Å². The molecule has 0 N–H and O–H groups in total. The Bertz CT molecular complexity index is 297. The van der Waals surface area contributed by atoms with Crippen LogP contribution in [0.25, 0.3) is 0 Å². The third-order valence-corrected chi connectivity index (χ3v) is 1.56. The summed E-state index contributed by atoms with van der Waals surface area (Å²) >= 11 is 0. The highest BCUT2D eigenvalue weighted by Gasteiger charge is 2.00. The van der Waals surface area contributed by atoms with E-state index < -0.39 is 0 Å². The molecule has 1 rings (SSSR count). The van der Waals surface area contributed by atoms with Crippen LogP contribution >= 0.6 is 0 Å². The van der Waals surface area contributed by atoms with Gasteiger partial charge in [-0.25, -0.2) is 4.39 Å². The maximum absolute atomic E-state index is 12.8. The number of carbonyl (C=O) groups excluding carboxylic acids is 1. The summed E-state index contributed by atoms with van der Waals surface area (Å²) in [5.74, 6) is -0.386. The molecule has 0 aliphatic heterocycles. The lowest BCUT2D eigenvalue weighted by Crippen LogP contribution is -2.09. The molecule has 2 nitrogen and oxygen atoms in total. The van der Waals surface area contributed by atoms with Gasteiger partial charge in [-0.05, 0) is 18.2 Å². The minimum absolute atomic E-state index is 0.360. The van der Waals surface area contributed by atoms with Crippen LogP contribution in [0.3, 0.4) is 0 Å². The van der Waals surface area contributed by atoms with Gasteiger partial charge in [0.05, 0.1) is 0 Å². The predicted molar refractivity (Wildman–Crippen MR) is 46.1 cm³/mol. The van der Waals surface area contributed by atoms with Crippen molar-refractivity contribution in [2.75, 3.05) is 19.0 Å². The number of carbonyl (C=O) groups is 1. The van der Waals surface area contributed by atoms with Crippen molar-refractivity contribution in [3.8, 4) is 0 Å². The molecule has 0 aromatic heterocycles. The van der Waals surface area contributed by atoms with Gasteiger partial charge in [0.15, 0.2) is 0 Å². The average Bonchev–Trinajstić information content (AvgIpc) is 2.03. The van der Waals surface area contributed by atoms with Crippen LogP contribution in [-0.4, -0.2) is 20.4 Å². The van der Waals surface area contributed by atoms with Gasteiger partial charge in [0.25, 0.3) is 0 Å². The number of aldehydes is 1. The molecule has 0 spiro atoms. The van der Waals surface area contributed by atoms with Crippen molar-refractivity contribution in [1.29, 1.82) is 0 Å². The van der Waals surface area contributed by atoms with Crippen LogP contribution in [0.5, 0.6) is 0 Å². The summed E-state index contributed by atoms with van der Waals surface area (Å²) in [6.45, 7) is 0. The zero-order valence-electron chi connectivity index (χ0n) is 7.04. The number of anilines is 1. The van der Waals surface area contributed by atoms with Crippen LogP contribution in [-0.2, 0) is 0 Å². The number of hydrogen-bond acceptors (Lipinski definition) is 2. The van der Waals surface area contributed by atoms with Gasteiger partial charge in [0.1, 0.15) is 12.1 Å². The van der Waals surface area contributed by atoms with Crippen molar-refractivity contribution < 1.29 is 9.18 Å². The largest absolute Gasteiger partial charge is 0.378 e. The first-order chi connectivity index (χ1) is 5.63. The Morgan fingerprint density at radius 3 is 2.50 bits per heavy atom. The van der Waals surface area contributed by atoms with Crippen molar-refractivity contribution in [1.82, 2.24) is 0 Å². The Kier molecular flexibility index (Phi) is 2.43. The molecule has 1 aromatic rings. The number of benzene rings is 1. The SMILES string of the molecule is CN(C)c1cc(F)cc(C=O)c1. The van der Waals surface area contributed by atoms with E-state index in [2.05, 4.69) is 0 Å². The van der Waals surface area contributed by atoms with E-state index in [-0.39, 0.29) is 5.82 Å². The third-order valence-electron chi connectivity index (χ3n) is 1.56. The molecule has 0 aliphatic rings. The molecule has 12 heavy (non-hydrogen) atoms. The molecule has 3 heteroatoms. The maximum atomic E-state index is 12.8. The van der Waals surface area contributed by atoms with Crippen LogP contribution in [0.4, 0.5) is 10.1 Å². The number of halogens is 1. The zero-order valence-corrected chi connectivity index (χ0v) is 7.04. The Balaban J connectivity index is 3.14. The molecular weight excluding hydrogens is 157 g/mol. The number of hydrogen-bond donors (Lipinski definition) is 0. The lowest BCUT2D eigenvalue weighted by atomic mass is 10.2. The van der Waals surface area contributed by atoms with Crippen molar-refractivity contribution in [2.45, 2.75) is 0 Å². The minimum Gasteiger partial charge on any atom is -0.378 e. The summed E-state index contributed by atoms with van der Waals surface area (Å²) < 4.78 is 12.8. The van der Waals surface area contributed by atoms with Gasteiger partial charge in [0.2, 0.25) is 0 Å². The van der Waals surface area contributed by atoms with E-state index in [0.717, 1.165) is 0 Å². The van der Waals surface area contributed by atoms with Gasteiger partial charge in [-0.3, -0.25) is 4.79 Å². The van der Waals surface area contributed by atoms with Crippen molar-refractivity contribution in [3.63, 3.8) is 0 Å². The summed E-state index contributed by atoms with van der Waals surface area (Å²) in [6.07, 6.45) is 0.635. The van der Waals surface area contributed by atoms with Gasteiger partial charge in [-0.15, -0.1) is 0 Å². The van der Waals surface area contributed by atoms with Crippen LogP contribution in [0, 0.1) is 5.82 Å². The quantitative estimate of drug-likeness (QED) is 0.625. The number of rotatable bonds is 2. The normalized spacial score (nSPS) is 9.58. The monoisotopic (exact) mass is 167 g/mol. The van der Waals surface area contributed by atoms with Gasteiger partial charge < -0.3 is 4.90 Å². The topological polar surface area (TPSA) is 20.3 Å². The Morgan fingerprint density at radius 2 is 2.00 bits per heavy atom. The molecule has 0 atom stereocenters. The molecule has 0 amide bonds. The fourth-order valence-electron chi connectivity index (χ4n) is 0.922. The van der Waals surface area contributed by atoms with E-state index in [1.54, 1.807) is 25.1 Å². The molecule has 0 saturated carbocycles. The molecule has 0 unspecified atom stereocenters. The standard InChI is InChI=1S/C9H10FNO/c1-11(2)9-4-7(6-12)3-8(10)5-9/h3-6H,1-2H3. The van der Waals surface area contributed by atoms with Gasteiger partial charge in [-0.1, -0.05) is 0 Å². The van der Waals surface area contributed by atoms with Crippen LogP contribution < -0.4 is 4.90 Å². The van der Waals surface area contributed by atoms with E-state index >= 15 is 0 Å². The first-order valence-corrected chi connectivity index (χ1v) is 3.56. The Labute approximate surface area is 70.6 Å². The molecule has 0 aliphatic carbocycles. The van der Waals surface area contributed by atoms with Gasteiger partial charge >= 0.3 is 0 Å². The summed E-state index contributed by atoms with van der Waals surface area (Å²) in [5, 5.41) is 0. The predicted octanol–water partition coefficient (Wildman–Crippen LogP) is 1.70. The van der Waals surface area contributed by atoms with Crippen LogP contribution in [0.15, 0.2) is 18.2 Å². The summed E-state index contributed by atoms with van der Waals surface area (Å²) in [7, 11) is 3.59. The zero-order chi connectivity index (χ0) is 9.14. The maximum Gasteiger partial charge on any atom is 0.150 e. The van der Waals surface area contributed by atoms with Crippen molar-refractivity contribution in [3.05, 3.63) is 29.6 Å². The Hall–Kier alpha value is -1.38. The van der Waals surface area contributed by atoms with E-state index in [9.17, 15) is 9.18 Å². The first-order valence-electron chi connectivity index (χ1n) is 3.56. The Morgan fingerprint density at radius 1 is 1.33 bits per heavy atom.